The average Bonchev–Trinajstić information content (AvgIpc) is 3.15. The molecule has 0 saturated carbocycles. The Morgan fingerprint density at radius 1 is 1.29 bits per heavy atom. The first-order chi connectivity index (χ1) is 10.3. The Morgan fingerprint density at radius 2 is 2.10 bits per heavy atom. The van der Waals surface area contributed by atoms with Gasteiger partial charge in [-0.1, -0.05) is 6.92 Å². The summed E-state index contributed by atoms with van der Waals surface area (Å²) in [5.74, 6) is 1.19. The van der Waals surface area contributed by atoms with Crippen molar-refractivity contribution in [2.75, 3.05) is 37.6 Å². The molecule has 0 aliphatic carbocycles. The molecular formula is C17H28N4. The highest BCUT2D eigenvalue weighted by Gasteiger charge is 2.30. The van der Waals surface area contributed by atoms with Crippen molar-refractivity contribution in [3.05, 3.63) is 23.4 Å². The van der Waals surface area contributed by atoms with E-state index in [1.54, 1.807) is 0 Å². The van der Waals surface area contributed by atoms with Crippen LogP contribution in [0.4, 0.5) is 5.82 Å². The van der Waals surface area contributed by atoms with E-state index in [0.717, 1.165) is 32.2 Å². The predicted molar refractivity (Wildman–Crippen MR) is 87.8 cm³/mol. The molecular weight excluding hydrogens is 260 g/mol. The van der Waals surface area contributed by atoms with Crippen molar-refractivity contribution in [3.8, 4) is 0 Å². The first-order valence-corrected chi connectivity index (χ1v) is 8.43. The van der Waals surface area contributed by atoms with Crippen LogP contribution in [-0.2, 0) is 6.54 Å². The van der Waals surface area contributed by atoms with E-state index in [2.05, 4.69) is 35.0 Å². The van der Waals surface area contributed by atoms with Gasteiger partial charge >= 0.3 is 0 Å². The molecule has 0 radical (unpaired) electrons. The van der Waals surface area contributed by atoms with Gasteiger partial charge in [-0.15, -0.1) is 0 Å². The fourth-order valence-electron chi connectivity index (χ4n) is 3.66. The van der Waals surface area contributed by atoms with Gasteiger partial charge in [0.15, 0.2) is 0 Å². The molecule has 2 saturated heterocycles. The minimum absolute atomic E-state index is 0.745. The van der Waals surface area contributed by atoms with E-state index in [4.69, 9.17) is 4.98 Å². The quantitative estimate of drug-likeness (QED) is 0.900. The van der Waals surface area contributed by atoms with Crippen LogP contribution in [0.25, 0.3) is 0 Å². The number of hydrogen-bond donors (Lipinski definition) is 1. The zero-order valence-electron chi connectivity index (χ0n) is 13.4. The molecule has 4 nitrogen and oxygen atoms in total. The maximum absolute atomic E-state index is 4.74. The molecule has 1 N–H and O–H groups in total. The predicted octanol–water partition coefficient (Wildman–Crippen LogP) is 2.17. The number of rotatable bonds is 5. The Kier molecular flexibility index (Phi) is 4.76. The molecule has 3 rings (SSSR count). The molecule has 21 heavy (non-hydrogen) atoms. The summed E-state index contributed by atoms with van der Waals surface area (Å²) in [5, 5.41) is 3.36. The zero-order valence-corrected chi connectivity index (χ0v) is 13.4. The topological polar surface area (TPSA) is 31.4 Å². The minimum Gasteiger partial charge on any atom is -0.355 e. The normalized spacial score (nSPS) is 23.1. The van der Waals surface area contributed by atoms with Crippen LogP contribution in [0.15, 0.2) is 12.3 Å². The van der Waals surface area contributed by atoms with Gasteiger partial charge in [0, 0.05) is 31.9 Å². The molecule has 3 heterocycles. The lowest BCUT2D eigenvalue weighted by Crippen LogP contribution is -2.35. The number of aryl methyl sites for hydroxylation is 1. The van der Waals surface area contributed by atoms with Crippen molar-refractivity contribution in [1.29, 1.82) is 0 Å². The monoisotopic (exact) mass is 288 g/mol. The molecule has 1 atom stereocenters. The molecule has 0 aromatic carbocycles. The highest BCUT2D eigenvalue weighted by Crippen LogP contribution is 2.26. The third-order valence-corrected chi connectivity index (χ3v) is 4.81. The summed E-state index contributed by atoms with van der Waals surface area (Å²) in [6.07, 6.45) is 6.09. The summed E-state index contributed by atoms with van der Waals surface area (Å²) in [6.45, 7) is 11.2. The van der Waals surface area contributed by atoms with Crippen molar-refractivity contribution in [1.82, 2.24) is 15.2 Å². The molecule has 4 heteroatoms. The van der Waals surface area contributed by atoms with Gasteiger partial charge in [0.1, 0.15) is 5.82 Å². The summed E-state index contributed by atoms with van der Waals surface area (Å²) in [7, 11) is 0. The van der Waals surface area contributed by atoms with Crippen molar-refractivity contribution in [2.45, 2.75) is 45.7 Å². The van der Waals surface area contributed by atoms with Crippen molar-refractivity contribution >= 4 is 5.82 Å². The van der Waals surface area contributed by atoms with E-state index in [1.165, 1.54) is 49.3 Å². The van der Waals surface area contributed by atoms with Crippen LogP contribution >= 0.6 is 0 Å². The number of nitrogens with one attached hydrogen (secondary N) is 1. The van der Waals surface area contributed by atoms with Gasteiger partial charge in [0.2, 0.25) is 0 Å². The molecule has 0 bridgehead atoms. The smallest absolute Gasteiger partial charge is 0.131 e. The molecule has 2 aliphatic heterocycles. The molecule has 1 aromatic heterocycles. The number of likely N-dealkylation sites (tertiary alicyclic amines) is 1. The second-order valence-electron chi connectivity index (χ2n) is 6.40. The number of hydrogen-bond acceptors (Lipinski definition) is 4. The van der Waals surface area contributed by atoms with Crippen LogP contribution in [0.2, 0.25) is 0 Å². The highest BCUT2D eigenvalue weighted by atomic mass is 15.3. The van der Waals surface area contributed by atoms with Crippen molar-refractivity contribution < 1.29 is 0 Å². The summed E-state index contributed by atoms with van der Waals surface area (Å²) in [6, 6.07) is 3.03. The molecule has 0 spiro atoms. The second kappa shape index (κ2) is 6.75. The zero-order chi connectivity index (χ0) is 14.7. The lowest BCUT2D eigenvalue weighted by atomic mass is 10.2. The van der Waals surface area contributed by atoms with E-state index < -0.39 is 0 Å². The standard InChI is InChI=1S/C17H28N4/c1-3-18-11-15-10-14(2)17(19-12-15)21-9-6-16(13-21)20-7-4-5-8-20/h10,12,16,18H,3-9,11,13H2,1-2H3. The lowest BCUT2D eigenvalue weighted by Gasteiger charge is -2.24. The molecule has 1 unspecified atom stereocenters. The summed E-state index contributed by atoms with van der Waals surface area (Å²) >= 11 is 0. The first kappa shape index (κ1) is 14.8. The number of aromatic nitrogens is 1. The van der Waals surface area contributed by atoms with Crippen LogP contribution in [0.5, 0.6) is 0 Å². The lowest BCUT2D eigenvalue weighted by molar-refractivity contribution is 0.260. The summed E-state index contributed by atoms with van der Waals surface area (Å²) in [5.41, 5.74) is 2.60. The van der Waals surface area contributed by atoms with E-state index >= 15 is 0 Å². The molecule has 2 fully saturated rings. The number of nitrogens with zero attached hydrogens (tertiary/aromatic N) is 3. The van der Waals surface area contributed by atoms with Gasteiger partial charge in [0.05, 0.1) is 0 Å². The average molecular weight is 288 g/mol. The highest BCUT2D eigenvalue weighted by molar-refractivity contribution is 5.48. The van der Waals surface area contributed by atoms with E-state index in [0.29, 0.717) is 0 Å². The maximum atomic E-state index is 4.74. The van der Waals surface area contributed by atoms with Crippen LogP contribution < -0.4 is 10.2 Å². The van der Waals surface area contributed by atoms with E-state index in [-0.39, 0.29) is 0 Å². The second-order valence-corrected chi connectivity index (χ2v) is 6.40. The largest absolute Gasteiger partial charge is 0.355 e. The maximum Gasteiger partial charge on any atom is 0.131 e. The fraction of sp³-hybridized carbons (Fsp3) is 0.706. The Balaban J connectivity index is 1.64. The van der Waals surface area contributed by atoms with Gasteiger partial charge < -0.3 is 10.2 Å². The summed E-state index contributed by atoms with van der Waals surface area (Å²) in [4.78, 5) is 9.90. The van der Waals surface area contributed by atoms with Gasteiger partial charge in [-0.2, -0.15) is 0 Å². The number of anilines is 1. The Labute approximate surface area is 128 Å². The van der Waals surface area contributed by atoms with Gasteiger partial charge in [-0.3, -0.25) is 4.90 Å². The van der Waals surface area contributed by atoms with Gasteiger partial charge in [-0.05, 0) is 63.0 Å². The fourth-order valence-corrected chi connectivity index (χ4v) is 3.66. The van der Waals surface area contributed by atoms with E-state index in [1.807, 2.05) is 6.20 Å². The number of pyridine rings is 1. The Morgan fingerprint density at radius 3 is 2.81 bits per heavy atom. The third kappa shape index (κ3) is 3.38. The molecule has 116 valence electrons. The van der Waals surface area contributed by atoms with Crippen molar-refractivity contribution in [2.24, 2.45) is 0 Å². The van der Waals surface area contributed by atoms with Crippen LogP contribution in [0, 0.1) is 6.92 Å². The van der Waals surface area contributed by atoms with Gasteiger partial charge in [0.25, 0.3) is 0 Å². The molecule has 0 amide bonds. The first-order valence-electron chi connectivity index (χ1n) is 8.43. The SMILES string of the molecule is CCNCc1cnc(N2CCC(N3CCCC3)C2)c(C)c1. The Bertz CT molecular complexity index is 468. The molecule has 2 aliphatic rings. The van der Waals surface area contributed by atoms with Crippen LogP contribution in [-0.4, -0.2) is 48.6 Å². The van der Waals surface area contributed by atoms with Crippen LogP contribution in [0.3, 0.4) is 0 Å². The third-order valence-electron chi connectivity index (χ3n) is 4.81. The minimum atomic E-state index is 0.745. The summed E-state index contributed by atoms with van der Waals surface area (Å²) < 4.78 is 0. The van der Waals surface area contributed by atoms with Gasteiger partial charge in [-0.25, -0.2) is 4.98 Å². The van der Waals surface area contributed by atoms with Crippen molar-refractivity contribution in [3.63, 3.8) is 0 Å². The van der Waals surface area contributed by atoms with E-state index in [9.17, 15) is 0 Å². The Hall–Kier alpha value is -1.13. The molecule has 1 aromatic rings. The van der Waals surface area contributed by atoms with Crippen LogP contribution in [0.1, 0.15) is 37.3 Å².